The van der Waals surface area contributed by atoms with Crippen LogP contribution in [0.5, 0.6) is 0 Å². The number of carbonyl (C=O) groups is 2. The zero-order chi connectivity index (χ0) is 20.4. The first-order valence-corrected chi connectivity index (χ1v) is 10.2. The Labute approximate surface area is 171 Å². The van der Waals surface area contributed by atoms with Gasteiger partial charge in [0.05, 0.1) is 5.71 Å². The van der Waals surface area contributed by atoms with E-state index in [-0.39, 0.29) is 17.6 Å². The Morgan fingerprint density at radius 1 is 1.14 bits per heavy atom. The molecule has 0 fully saturated rings. The van der Waals surface area contributed by atoms with Gasteiger partial charge in [0, 0.05) is 34.7 Å². The number of furan rings is 1. The van der Waals surface area contributed by atoms with Gasteiger partial charge in [0.1, 0.15) is 5.76 Å². The van der Waals surface area contributed by atoms with Crippen molar-refractivity contribution in [2.45, 2.75) is 33.1 Å². The van der Waals surface area contributed by atoms with Crippen molar-refractivity contribution in [3.63, 3.8) is 0 Å². The number of nitrogens with zero attached hydrogens (tertiary/aromatic N) is 2. The van der Waals surface area contributed by atoms with Crippen LogP contribution in [-0.4, -0.2) is 22.5 Å². The van der Waals surface area contributed by atoms with Crippen molar-refractivity contribution in [2.24, 2.45) is 5.10 Å². The largest absolute Gasteiger partial charge is 0.455 e. The average Bonchev–Trinajstić information content (AvgIpc) is 3.35. The smallest absolute Gasteiger partial charge is 0.293 e. The number of anilines is 1. The van der Waals surface area contributed by atoms with E-state index in [1.165, 1.54) is 11.3 Å². The molecule has 2 amide bonds. The molecule has 1 aliphatic carbocycles. The summed E-state index contributed by atoms with van der Waals surface area (Å²) >= 11 is 1.34. The molecule has 0 spiro atoms. The fourth-order valence-electron chi connectivity index (χ4n) is 3.32. The van der Waals surface area contributed by atoms with Crippen LogP contribution in [0.25, 0.3) is 0 Å². The maximum absolute atomic E-state index is 12.6. The summed E-state index contributed by atoms with van der Waals surface area (Å²) < 4.78 is 5.85. The lowest BCUT2D eigenvalue weighted by Gasteiger charge is -2.13. The summed E-state index contributed by atoms with van der Waals surface area (Å²) in [4.78, 5) is 29.0. The van der Waals surface area contributed by atoms with Crippen LogP contribution in [0.3, 0.4) is 0 Å². The third kappa shape index (κ3) is 3.97. The highest BCUT2D eigenvalue weighted by Gasteiger charge is 2.28. The van der Waals surface area contributed by atoms with Crippen molar-refractivity contribution in [2.75, 3.05) is 5.32 Å². The van der Waals surface area contributed by atoms with Gasteiger partial charge in [0.25, 0.3) is 11.8 Å². The van der Waals surface area contributed by atoms with E-state index in [1.807, 2.05) is 26.0 Å². The number of fused-ring (bicyclic) bond motifs is 1. The molecule has 0 unspecified atom stereocenters. The Balaban J connectivity index is 1.56. The van der Waals surface area contributed by atoms with Crippen LogP contribution >= 0.6 is 11.3 Å². The van der Waals surface area contributed by atoms with Crippen molar-refractivity contribution in [1.29, 1.82) is 0 Å². The number of carbonyl (C=O) groups excluding carboxylic acids is 2. The van der Waals surface area contributed by atoms with Crippen molar-refractivity contribution >= 4 is 34.0 Å². The number of nitrogens with one attached hydrogen (secondary N) is 2. The maximum atomic E-state index is 12.6. The van der Waals surface area contributed by atoms with E-state index in [0.717, 1.165) is 41.0 Å². The topological polar surface area (TPSA) is 96.6 Å². The average molecular weight is 408 g/mol. The number of hydrazone groups is 1. The third-order valence-corrected chi connectivity index (χ3v) is 5.48. The summed E-state index contributed by atoms with van der Waals surface area (Å²) in [5.74, 6) is 0.369. The molecular weight excluding hydrogens is 388 g/mol. The van der Waals surface area contributed by atoms with Crippen LogP contribution in [0.1, 0.15) is 56.2 Å². The molecule has 0 bridgehead atoms. The Morgan fingerprint density at radius 2 is 1.93 bits per heavy atom. The molecule has 2 aromatic heterocycles. The molecule has 8 heteroatoms. The normalized spacial score (nSPS) is 14.5. The predicted octanol–water partition coefficient (Wildman–Crippen LogP) is 4.08. The van der Waals surface area contributed by atoms with Gasteiger partial charge >= 0.3 is 0 Å². The minimum absolute atomic E-state index is 0.254. The Hall–Kier alpha value is -3.26. The summed E-state index contributed by atoms with van der Waals surface area (Å²) in [6.45, 7) is 3.80. The molecule has 3 aromatic rings. The minimum Gasteiger partial charge on any atom is -0.455 e. The lowest BCUT2D eigenvalue weighted by Crippen LogP contribution is -2.22. The quantitative estimate of drug-likeness (QED) is 0.636. The number of aryl methyl sites for hydroxylation is 2. The van der Waals surface area contributed by atoms with Gasteiger partial charge in [-0.25, -0.2) is 10.4 Å². The van der Waals surface area contributed by atoms with E-state index in [4.69, 9.17) is 4.42 Å². The standard InChI is InChI=1S/C21H20N4O3S/c1-12-6-8-14(9-7-12)19(26)25-24-15-4-3-5-16-17(15)13(2)18(28-16)20(27)23-21-22-10-11-29-21/h6-11H,3-5H2,1-2H3,(H,25,26)(H,22,23,27)/b24-15+. The number of benzene rings is 1. The zero-order valence-corrected chi connectivity index (χ0v) is 16.9. The molecule has 0 saturated heterocycles. The maximum Gasteiger partial charge on any atom is 0.293 e. The number of rotatable bonds is 4. The summed E-state index contributed by atoms with van der Waals surface area (Å²) in [5.41, 5.74) is 6.51. The number of aromatic nitrogens is 1. The highest BCUT2D eigenvalue weighted by Crippen LogP contribution is 2.30. The van der Waals surface area contributed by atoms with E-state index in [2.05, 4.69) is 20.8 Å². The van der Waals surface area contributed by atoms with Gasteiger partial charge < -0.3 is 4.42 Å². The molecule has 0 saturated carbocycles. The zero-order valence-electron chi connectivity index (χ0n) is 16.1. The molecule has 7 nitrogen and oxygen atoms in total. The van der Waals surface area contributed by atoms with Gasteiger partial charge in [-0.1, -0.05) is 17.7 Å². The molecule has 2 N–H and O–H groups in total. The highest BCUT2D eigenvalue weighted by molar-refractivity contribution is 7.13. The second-order valence-corrected chi connectivity index (χ2v) is 7.76. The Morgan fingerprint density at radius 3 is 2.66 bits per heavy atom. The summed E-state index contributed by atoms with van der Waals surface area (Å²) in [7, 11) is 0. The van der Waals surface area contributed by atoms with Crippen molar-refractivity contribution < 1.29 is 14.0 Å². The monoisotopic (exact) mass is 408 g/mol. The van der Waals surface area contributed by atoms with Gasteiger partial charge in [-0.2, -0.15) is 5.10 Å². The van der Waals surface area contributed by atoms with E-state index >= 15 is 0 Å². The fraction of sp³-hybridized carbons (Fsp3) is 0.238. The summed E-state index contributed by atoms with van der Waals surface area (Å²) in [6.07, 6.45) is 3.90. The summed E-state index contributed by atoms with van der Waals surface area (Å²) in [6, 6.07) is 7.30. The fourth-order valence-corrected chi connectivity index (χ4v) is 3.85. The SMILES string of the molecule is Cc1ccc(C(=O)N/N=C2\CCCc3oc(C(=O)Nc4nccs4)c(C)c32)cc1. The number of amides is 2. The van der Waals surface area contributed by atoms with Crippen molar-refractivity contribution in [3.8, 4) is 0 Å². The second kappa shape index (κ2) is 8.00. The van der Waals surface area contributed by atoms with Crippen LogP contribution in [0.2, 0.25) is 0 Å². The molecule has 29 heavy (non-hydrogen) atoms. The Kier molecular flexibility index (Phi) is 5.26. The lowest BCUT2D eigenvalue weighted by molar-refractivity contribution is 0.0953. The predicted molar refractivity (Wildman–Crippen MR) is 112 cm³/mol. The van der Waals surface area contributed by atoms with Crippen LogP contribution in [0.4, 0.5) is 5.13 Å². The number of thiazole rings is 1. The molecule has 0 aliphatic heterocycles. The first kappa shape index (κ1) is 19.1. The van der Waals surface area contributed by atoms with Crippen molar-refractivity contribution in [1.82, 2.24) is 10.4 Å². The molecular formula is C21H20N4O3S. The van der Waals surface area contributed by atoms with E-state index in [9.17, 15) is 9.59 Å². The van der Waals surface area contributed by atoms with Gasteiger partial charge in [-0.05, 0) is 38.8 Å². The van der Waals surface area contributed by atoms with Gasteiger partial charge in [0.15, 0.2) is 10.9 Å². The molecule has 148 valence electrons. The van der Waals surface area contributed by atoms with Gasteiger partial charge in [0.2, 0.25) is 0 Å². The highest BCUT2D eigenvalue weighted by atomic mass is 32.1. The molecule has 1 aliphatic rings. The second-order valence-electron chi connectivity index (χ2n) is 6.86. The number of hydrogen-bond acceptors (Lipinski definition) is 6. The van der Waals surface area contributed by atoms with E-state index < -0.39 is 0 Å². The summed E-state index contributed by atoms with van der Waals surface area (Å²) in [5, 5.41) is 9.40. The Bertz CT molecular complexity index is 1080. The van der Waals surface area contributed by atoms with Crippen LogP contribution in [0.15, 0.2) is 45.4 Å². The lowest BCUT2D eigenvalue weighted by atomic mass is 9.93. The van der Waals surface area contributed by atoms with E-state index in [0.29, 0.717) is 17.1 Å². The molecule has 4 rings (SSSR count). The van der Waals surface area contributed by atoms with Gasteiger partial charge in [-0.15, -0.1) is 11.3 Å². The van der Waals surface area contributed by atoms with Crippen LogP contribution in [0, 0.1) is 13.8 Å². The van der Waals surface area contributed by atoms with Crippen molar-refractivity contribution in [3.05, 3.63) is 69.6 Å². The third-order valence-electron chi connectivity index (χ3n) is 4.79. The molecule has 2 heterocycles. The first-order chi connectivity index (χ1) is 14.0. The molecule has 1 aromatic carbocycles. The van der Waals surface area contributed by atoms with E-state index in [1.54, 1.807) is 23.7 Å². The van der Waals surface area contributed by atoms with Crippen LogP contribution < -0.4 is 10.7 Å². The minimum atomic E-state index is -0.338. The molecule has 0 atom stereocenters. The van der Waals surface area contributed by atoms with Crippen LogP contribution in [-0.2, 0) is 6.42 Å². The number of hydrogen-bond donors (Lipinski definition) is 2. The first-order valence-electron chi connectivity index (χ1n) is 9.30. The van der Waals surface area contributed by atoms with Gasteiger partial charge in [-0.3, -0.25) is 14.9 Å². The molecule has 0 radical (unpaired) electrons.